The normalized spacial score (nSPS) is 27.3. The van der Waals surface area contributed by atoms with Crippen molar-refractivity contribution in [2.75, 3.05) is 6.61 Å². The summed E-state index contributed by atoms with van der Waals surface area (Å²) < 4.78 is 18.1. The summed E-state index contributed by atoms with van der Waals surface area (Å²) in [5.74, 6) is 2.35. The second-order valence-electron chi connectivity index (χ2n) is 6.94. The summed E-state index contributed by atoms with van der Waals surface area (Å²) in [6.45, 7) is 2.83. The van der Waals surface area contributed by atoms with E-state index in [0.29, 0.717) is 18.4 Å². The SMILES string of the molecule is C[C@H]1c2ccccc2O[C@H]1c1nnc([C@H]2CCO[C@@H]2c2ccccc2)o1. The predicted molar refractivity (Wildman–Crippen MR) is 95.0 cm³/mol. The minimum atomic E-state index is -0.230. The Morgan fingerprint density at radius 3 is 2.50 bits per heavy atom. The molecule has 2 aliphatic heterocycles. The summed E-state index contributed by atoms with van der Waals surface area (Å²) in [6.07, 6.45) is 0.609. The van der Waals surface area contributed by atoms with Crippen LogP contribution in [0.15, 0.2) is 59.0 Å². The molecule has 0 aliphatic carbocycles. The molecule has 5 heteroatoms. The zero-order valence-electron chi connectivity index (χ0n) is 14.5. The van der Waals surface area contributed by atoms with Crippen LogP contribution in [0.5, 0.6) is 5.75 Å². The predicted octanol–water partition coefficient (Wildman–Crippen LogP) is 4.55. The lowest BCUT2D eigenvalue weighted by molar-refractivity contribution is 0.0985. The van der Waals surface area contributed by atoms with Gasteiger partial charge in [-0.05, 0) is 18.1 Å². The third-order valence-electron chi connectivity index (χ3n) is 5.35. The summed E-state index contributed by atoms with van der Waals surface area (Å²) >= 11 is 0. The van der Waals surface area contributed by atoms with Gasteiger partial charge in [0.05, 0.1) is 12.0 Å². The Hall–Kier alpha value is -2.66. The van der Waals surface area contributed by atoms with E-state index >= 15 is 0 Å². The fourth-order valence-electron chi connectivity index (χ4n) is 3.96. The van der Waals surface area contributed by atoms with Gasteiger partial charge in [-0.2, -0.15) is 0 Å². The van der Waals surface area contributed by atoms with Gasteiger partial charge in [0.2, 0.25) is 5.89 Å². The van der Waals surface area contributed by atoms with E-state index in [-0.39, 0.29) is 24.0 Å². The van der Waals surface area contributed by atoms with Crippen LogP contribution < -0.4 is 4.74 Å². The van der Waals surface area contributed by atoms with Crippen molar-refractivity contribution in [2.24, 2.45) is 0 Å². The fraction of sp³-hybridized carbons (Fsp3) is 0.333. The van der Waals surface area contributed by atoms with Crippen molar-refractivity contribution in [3.63, 3.8) is 0 Å². The van der Waals surface area contributed by atoms with E-state index in [9.17, 15) is 0 Å². The molecule has 0 saturated carbocycles. The number of hydrogen-bond acceptors (Lipinski definition) is 5. The lowest BCUT2D eigenvalue weighted by Crippen LogP contribution is -2.08. The molecule has 0 N–H and O–H groups in total. The molecule has 5 nitrogen and oxygen atoms in total. The van der Waals surface area contributed by atoms with Gasteiger partial charge in [-0.1, -0.05) is 55.5 Å². The Kier molecular flexibility index (Phi) is 3.75. The van der Waals surface area contributed by atoms with Gasteiger partial charge in [0, 0.05) is 18.1 Å². The molecule has 3 aromatic rings. The molecular weight excluding hydrogens is 328 g/mol. The Morgan fingerprint density at radius 2 is 1.65 bits per heavy atom. The van der Waals surface area contributed by atoms with Crippen LogP contribution in [0.1, 0.15) is 60.3 Å². The Morgan fingerprint density at radius 1 is 0.885 bits per heavy atom. The molecular formula is C21H20N2O3. The molecule has 4 atom stereocenters. The van der Waals surface area contributed by atoms with Gasteiger partial charge in [-0.3, -0.25) is 0 Å². The van der Waals surface area contributed by atoms with Gasteiger partial charge in [-0.25, -0.2) is 0 Å². The Labute approximate surface area is 152 Å². The van der Waals surface area contributed by atoms with Crippen molar-refractivity contribution in [2.45, 2.75) is 37.4 Å². The molecule has 1 saturated heterocycles. The van der Waals surface area contributed by atoms with Crippen molar-refractivity contribution in [1.82, 2.24) is 10.2 Å². The second-order valence-corrected chi connectivity index (χ2v) is 6.94. The molecule has 0 unspecified atom stereocenters. The maximum atomic E-state index is 6.08. The second kappa shape index (κ2) is 6.25. The zero-order valence-corrected chi connectivity index (χ0v) is 14.5. The summed E-state index contributed by atoms with van der Waals surface area (Å²) in [6, 6.07) is 18.3. The standard InChI is InChI=1S/C21H20N2O3/c1-13-15-9-5-6-10-17(15)25-18(13)21-23-22-20(26-21)16-11-12-24-19(16)14-7-3-2-4-8-14/h2-10,13,16,18-19H,11-12H2,1H3/t13-,16-,18+,19+/m0/s1. The largest absolute Gasteiger partial charge is 0.480 e. The van der Waals surface area contributed by atoms with Gasteiger partial charge in [0.15, 0.2) is 6.10 Å². The number of aromatic nitrogens is 2. The van der Waals surface area contributed by atoms with E-state index in [0.717, 1.165) is 17.7 Å². The molecule has 2 aromatic carbocycles. The molecule has 132 valence electrons. The number of benzene rings is 2. The molecule has 3 heterocycles. The molecule has 0 spiro atoms. The first-order valence-corrected chi connectivity index (χ1v) is 9.06. The van der Waals surface area contributed by atoms with E-state index < -0.39 is 0 Å². The van der Waals surface area contributed by atoms with Crippen LogP contribution >= 0.6 is 0 Å². The Balaban J connectivity index is 1.41. The van der Waals surface area contributed by atoms with Gasteiger partial charge in [0.25, 0.3) is 5.89 Å². The minimum Gasteiger partial charge on any atom is -0.480 e. The highest BCUT2D eigenvalue weighted by molar-refractivity contribution is 5.41. The van der Waals surface area contributed by atoms with Crippen molar-refractivity contribution in [1.29, 1.82) is 0 Å². The maximum absolute atomic E-state index is 6.08. The lowest BCUT2D eigenvalue weighted by Gasteiger charge is -2.16. The van der Waals surface area contributed by atoms with E-state index in [2.05, 4.69) is 35.3 Å². The highest BCUT2D eigenvalue weighted by Gasteiger charge is 2.39. The van der Waals surface area contributed by atoms with Gasteiger partial charge in [0.1, 0.15) is 5.75 Å². The fourth-order valence-corrected chi connectivity index (χ4v) is 3.96. The first-order valence-electron chi connectivity index (χ1n) is 9.06. The van der Waals surface area contributed by atoms with Crippen LogP contribution in [0.25, 0.3) is 0 Å². The minimum absolute atomic E-state index is 0.0383. The van der Waals surface area contributed by atoms with Crippen LogP contribution in [0.4, 0.5) is 0 Å². The van der Waals surface area contributed by atoms with Gasteiger partial charge in [-0.15, -0.1) is 10.2 Å². The molecule has 5 rings (SSSR count). The van der Waals surface area contributed by atoms with Gasteiger partial charge >= 0.3 is 0 Å². The molecule has 0 bridgehead atoms. The van der Waals surface area contributed by atoms with Crippen molar-refractivity contribution in [3.05, 3.63) is 77.5 Å². The van der Waals surface area contributed by atoms with Crippen LogP contribution in [-0.4, -0.2) is 16.8 Å². The lowest BCUT2D eigenvalue weighted by atomic mass is 9.95. The van der Waals surface area contributed by atoms with Crippen LogP contribution in [-0.2, 0) is 4.74 Å². The highest BCUT2D eigenvalue weighted by atomic mass is 16.5. The summed E-state index contributed by atoms with van der Waals surface area (Å²) in [4.78, 5) is 0. The quantitative estimate of drug-likeness (QED) is 0.695. The maximum Gasteiger partial charge on any atom is 0.257 e. The number of hydrogen-bond donors (Lipinski definition) is 0. The summed E-state index contributed by atoms with van der Waals surface area (Å²) in [7, 11) is 0. The van der Waals surface area contributed by atoms with Crippen molar-refractivity contribution < 1.29 is 13.9 Å². The number of nitrogens with zero attached hydrogens (tertiary/aromatic N) is 2. The molecule has 0 amide bonds. The monoisotopic (exact) mass is 348 g/mol. The Bertz CT molecular complexity index is 908. The highest BCUT2D eigenvalue weighted by Crippen LogP contribution is 2.46. The molecule has 2 aliphatic rings. The van der Waals surface area contributed by atoms with Crippen LogP contribution in [0.2, 0.25) is 0 Å². The van der Waals surface area contributed by atoms with E-state index in [1.165, 1.54) is 5.56 Å². The van der Waals surface area contributed by atoms with Crippen LogP contribution in [0.3, 0.4) is 0 Å². The molecule has 0 radical (unpaired) electrons. The smallest absolute Gasteiger partial charge is 0.257 e. The molecule has 1 fully saturated rings. The summed E-state index contributed by atoms with van der Waals surface area (Å²) in [5.41, 5.74) is 2.33. The van der Waals surface area contributed by atoms with E-state index in [4.69, 9.17) is 13.9 Å². The van der Waals surface area contributed by atoms with Crippen molar-refractivity contribution in [3.8, 4) is 5.75 Å². The first kappa shape index (κ1) is 15.6. The average molecular weight is 348 g/mol. The topological polar surface area (TPSA) is 57.4 Å². The summed E-state index contributed by atoms with van der Waals surface area (Å²) in [5, 5.41) is 8.65. The number of para-hydroxylation sites is 1. The third kappa shape index (κ3) is 2.51. The molecule has 26 heavy (non-hydrogen) atoms. The number of ether oxygens (including phenoxy) is 2. The van der Waals surface area contributed by atoms with Gasteiger partial charge < -0.3 is 13.9 Å². The van der Waals surface area contributed by atoms with Crippen LogP contribution in [0, 0.1) is 0 Å². The number of rotatable bonds is 3. The zero-order chi connectivity index (χ0) is 17.5. The number of fused-ring (bicyclic) bond motifs is 1. The average Bonchev–Trinajstić information content (AvgIpc) is 3.41. The van der Waals surface area contributed by atoms with Crippen molar-refractivity contribution >= 4 is 0 Å². The first-order chi connectivity index (χ1) is 12.8. The third-order valence-corrected chi connectivity index (χ3v) is 5.35. The molecule has 1 aromatic heterocycles. The van der Waals surface area contributed by atoms with E-state index in [1.54, 1.807) is 0 Å². The van der Waals surface area contributed by atoms with E-state index in [1.807, 2.05) is 36.4 Å².